The van der Waals surface area contributed by atoms with Crippen molar-refractivity contribution < 1.29 is 18.2 Å². The van der Waals surface area contributed by atoms with Crippen LogP contribution < -0.4 is 22.9 Å². The van der Waals surface area contributed by atoms with Crippen LogP contribution in [0.15, 0.2) is 0 Å². The first-order valence-corrected chi connectivity index (χ1v) is 15.7. The molecule has 4 saturated heterocycles. The quantitative estimate of drug-likeness (QED) is 0.183. The molecule has 4 aliphatic heterocycles. The summed E-state index contributed by atoms with van der Waals surface area (Å²) < 4.78 is 35.4. The molecule has 4 heterocycles. The molecule has 8 atom stereocenters. The van der Waals surface area contributed by atoms with Crippen LogP contribution in [-0.2, 0) is 44.7 Å². The maximum Gasteiger partial charge on any atom is 0.156 e. The molecule has 0 bridgehead atoms. The largest absolute Gasteiger partial charge is 0.323 e. The summed E-state index contributed by atoms with van der Waals surface area (Å²) in [6, 6.07) is 1.14. The predicted molar refractivity (Wildman–Crippen MR) is 158 cm³/mol. The van der Waals surface area contributed by atoms with Gasteiger partial charge in [-0.25, -0.2) is 0 Å². The van der Waals surface area contributed by atoms with E-state index in [9.17, 15) is 0 Å². The Bertz CT molecular complexity index is 332. The van der Waals surface area contributed by atoms with Crippen LogP contribution in [0.1, 0.15) is 25.7 Å². The van der Waals surface area contributed by atoms with Crippen LogP contribution in [0, 0.1) is 0 Å². The lowest BCUT2D eigenvalue weighted by atomic mass is 10.3. The first kappa shape index (κ1) is 41.4. The Kier molecular flexibility index (Phi) is 30.5. The van der Waals surface area contributed by atoms with Crippen LogP contribution >= 0.6 is 49.6 Å². The second-order valence-corrected chi connectivity index (χ2v) is 14.2. The molecule has 0 aromatic rings. The fraction of sp³-hybridized carbons (Fsp3) is 1.00. The lowest BCUT2D eigenvalue weighted by Crippen LogP contribution is -2.20. The van der Waals surface area contributed by atoms with E-state index in [1.807, 2.05) is 0 Å². The first-order chi connectivity index (χ1) is 13.2. The van der Waals surface area contributed by atoms with E-state index in [2.05, 4.69) is 0 Å². The molecule has 4 aliphatic rings. The lowest BCUT2D eigenvalue weighted by Gasteiger charge is -1.87. The molecule has 4 rings (SSSR count). The van der Waals surface area contributed by atoms with E-state index in [1.165, 1.54) is 0 Å². The summed E-state index contributed by atoms with van der Waals surface area (Å²) >= 11 is -1.31. The number of hydrogen-bond acceptors (Lipinski definition) is 8. The monoisotopic (exact) mass is 624 g/mol. The molecule has 0 aromatic heterocycles. The van der Waals surface area contributed by atoms with Crippen LogP contribution in [0.2, 0.25) is 0 Å². The summed E-state index contributed by atoms with van der Waals surface area (Å²) in [5, 5.41) is 0. The average Bonchev–Trinajstić information content (AvgIpc) is 3.37. The normalized spacial score (nSPS) is 36.8. The van der Waals surface area contributed by atoms with E-state index in [-0.39, 0.29) is 118 Å². The smallest absolute Gasteiger partial charge is 0.156 e. The van der Waals surface area contributed by atoms with Crippen molar-refractivity contribution in [2.75, 3.05) is 46.0 Å². The van der Waals surface area contributed by atoms with Gasteiger partial charge in [0.15, 0.2) is 23.0 Å². The maximum absolute atomic E-state index is 8.85. The summed E-state index contributed by atoms with van der Waals surface area (Å²) in [6.07, 6.45) is 4.05. The summed E-state index contributed by atoms with van der Waals surface area (Å²) in [6.45, 7) is 0. The van der Waals surface area contributed by atoms with E-state index in [0.29, 0.717) is 0 Å². The van der Waals surface area contributed by atoms with E-state index in [4.69, 9.17) is 41.1 Å². The fourth-order valence-electron chi connectivity index (χ4n) is 2.80. The van der Waals surface area contributed by atoms with E-state index in [0.717, 1.165) is 71.7 Å². The molecule has 4 unspecified atom stereocenters. The molecule has 12 N–H and O–H groups in total. The molecule has 0 spiro atoms. The van der Waals surface area contributed by atoms with Crippen LogP contribution in [0.5, 0.6) is 0 Å². The second kappa shape index (κ2) is 23.6. The van der Waals surface area contributed by atoms with Gasteiger partial charge in [0.05, 0.1) is 24.2 Å². The van der Waals surface area contributed by atoms with Crippen LogP contribution in [0.3, 0.4) is 0 Å². The molecule has 8 nitrogen and oxygen atoms in total. The van der Waals surface area contributed by atoms with Gasteiger partial charge in [-0.15, -0.1) is 49.6 Å². The molecule has 0 saturated carbocycles. The molecule has 32 heavy (non-hydrogen) atoms. The predicted octanol–water partition coefficient (Wildman–Crippen LogP) is 0.922. The first-order valence-electron chi connectivity index (χ1n) is 9.64. The Morgan fingerprint density at radius 2 is 0.562 bits per heavy atom. The highest BCUT2D eigenvalue weighted by atomic mass is 35.5. The van der Waals surface area contributed by atoms with Crippen molar-refractivity contribution >= 4 is 94.3 Å². The van der Waals surface area contributed by atoms with Gasteiger partial charge in [-0.05, 0) is 0 Å². The Labute approximate surface area is 230 Å². The Hall–Kier alpha value is 2.24. The third-order valence-corrected chi connectivity index (χ3v) is 10.6. The minimum Gasteiger partial charge on any atom is -0.323 e. The Morgan fingerprint density at radius 1 is 0.406 bits per heavy atom. The van der Waals surface area contributed by atoms with Gasteiger partial charge in [0, 0.05) is 25.7 Å². The van der Waals surface area contributed by atoms with Gasteiger partial charge in [0.25, 0.3) is 0 Å². The highest BCUT2D eigenvalue weighted by Crippen LogP contribution is 2.09. The molecule has 0 radical (unpaired) electrons. The molecule has 16 heteroatoms. The van der Waals surface area contributed by atoms with Crippen molar-refractivity contribution in [2.45, 2.75) is 49.9 Å². The fourth-order valence-corrected chi connectivity index (χ4v) is 8.41. The van der Waals surface area contributed by atoms with Gasteiger partial charge < -0.3 is 22.9 Å². The highest BCUT2D eigenvalue weighted by molar-refractivity contribution is 7.92. The second-order valence-electron chi connectivity index (χ2n) is 7.53. The zero-order valence-electron chi connectivity index (χ0n) is 18.2. The van der Waals surface area contributed by atoms with Crippen molar-refractivity contribution in [3.63, 3.8) is 0 Å². The van der Waals surface area contributed by atoms with Crippen molar-refractivity contribution in [3.8, 4) is 0 Å². The third-order valence-electron chi connectivity index (χ3n) is 4.52. The van der Waals surface area contributed by atoms with Gasteiger partial charge in [0.1, 0.15) is 67.7 Å². The van der Waals surface area contributed by atoms with Crippen molar-refractivity contribution in [2.24, 2.45) is 22.9 Å². The third kappa shape index (κ3) is 21.5. The molecule has 0 aromatic carbocycles. The lowest BCUT2D eigenvalue weighted by molar-refractivity contribution is 0.643. The summed E-state index contributed by atoms with van der Waals surface area (Å²) in [5.41, 5.74) is 21.9. The van der Waals surface area contributed by atoms with Crippen molar-refractivity contribution in [1.29, 1.82) is 0 Å². The van der Waals surface area contributed by atoms with Gasteiger partial charge >= 0.3 is 0 Å². The SMILES string of the molecule is Cl.Cl.Cl.Cl.N[C@@H]1CC[S+](O)C1.N[C@@H]1CC[S+](O)C1.N[C@H]1CC[S+](O)C1.N[C@H]1CC[S+](O)C1. The van der Waals surface area contributed by atoms with Crippen molar-refractivity contribution in [3.05, 3.63) is 0 Å². The zero-order valence-corrected chi connectivity index (χ0v) is 24.7. The highest BCUT2D eigenvalue weighted by Gasteiger charge is 2.30. The minimum absolute atomic E-state index is 0. The number of halogens is 4. The molecular weight excluding hydrogens is 582 g/mol. The topological polar surface area (TPSA) is 185 Å². The van der Waals surface area contributed by atoms with Crippen LogP contribution in [0.4, 0.5) is 0 Å². The van der Waals surface area contributed by atoms with Crippen LogP contribution in [0.25, 0.3) is 0 Å². The zero-order chi connectivity index (χ0) is 21.1. The summed E-state index contributed by atoms with van der Waals surface area (Å²) in [4.78, 5) is 0. The number of nitrogens with two attached hydrogens (primary N) is 4. The summed E-state index contributed by atoms with van der Waals surface area (Å²) in [5.74, 6) is 7.06. The molecule has 200 valence electrons. The summed E-state index contributed by atoms with van der Waals surface area (Å²) in [7, 11) is 0. The molecule has 4 fully saturated rings. The van der Waals surface area contributed by atoms with E-state index < -0.39 is 0 Å². The Morgan fingerprint density at radius 3 is 0.594 bits per heavy atom. The maximum atomic E-state index is 8.85. The number of hydrogen-bond donors (Lipinski definition) is 8. The van der Waals surface area contributed by atoms with Gasteiger partial charge in [-0.1, -0.05) is 0 Å². The van der Waals surface area contributed by atoms with Crippen LogP contribution in [-0.4, -0.2) is 88.4 Å². The average molecular weight is 627 g/mol. The standard InChI is InChI=1S/4C4H10NOS.4ClH/c4*5-4-1-2-7(6)3-4;;;;/h4*4,6H,1-3,5H2;4*1H/q4*+1;;;;/t4*4-,7?;;;;/m1100..../s1. The number of rotatable bonds is 0. The molecule has 0 aliphatic carbocycles. The van der Waals surface area contributed by atoms with Gasteiger partial charge in [0.2, 0.25) is 0 Å². The molecule has 0 amide bonds. The van der Waals surface area contributed by atoms with Crippen molar-refractivity contribution in [1.82, 2.24) is 0 Å². The van der Waals surface area contributed by atoms with Gasteiger partial charge in [-0.3, -0.25) is 0 Å². The van der Waals surface area contributed by atoms with E-state index >= 15 is 0 Å². The minimum atomic E-state index is -0.328. The Balaban J connectivity index is -0.000000157. The molecular formula is C16H44Cl4N4O4S4+4. The van der Waals surface area contributed by atoms with E-state index in [1.54, 1.807) is 0 Å². The van der Waals surface area contributed by atoms with Gasteiger partial charge in [-0.2, -0.15) is 18.2 Å².